The molecule has 1 heterocycles. The van der Waals surface area contributed by atoms with E-state index in [0.717, 1.165) is 18.0 Å². The van der Waals surface area contributed by atoms with Gasteiger partial charge in [0.1, 0.15) is 0 Å². The fourth-order valence-electron chi connectivity index (χ4n) is 2.74. The summed E-state index contributed by atoms with van der Waals surface area (Å²) in [6.07, 6.45) is 10.2. The molecule has 1 aliphatic carbocycles. The predicted octanol–water partition coefficient (Wildman–Crippen LogP) is 3.46. The van der Waals surface area contributed by atoms with Gasteiger partial charge in [0.25, 0.3) is 0 Å². The minimum atomic E-state index is 0.387. The normalized spacial score (nSPS) is 20.6. The third-order valence-electron chi connectivity index (χ3n) is 3.77. The summed E-state index contributed by atoms with van der Waals surface area (Å²) in [6, 6.07) is 2.09. The van der Waals surface area contributed by atoms with Crippen molar-refractivity contribution < 1.29 is 0 Å². The van der Waals surface area contributed by atoms with Crippen molar-refractivity contribution in [2.75, 3.05) is 5.75 Å². The summed E-state index contributed by atoms with van der Waals surface area (Å²) >= 11 is 4.59. The molecular weight excluding hydrogens is 216 g/mol. The second kappa shape index (κ2) is 5.26. The van der Waals surface area contributed by atoms with Crippen LogP contribution in [0.5, 0.6) is 0 Å². The summed E-state index contributed by atoms with van der Waals surface area (Å²) in [4.78, 5) is 0. The van der Waals surface area contributed by atoms with Crippen molar-refractivity contribution in [2.24, 2.45) is 5.41 Å². The largest absolute Gasteiger partial charge is 0.272 e. The van der Waals surface area contributed by atoms with Gasteiger partial charge in [-0.3, -0.25) is 4.68 Å². The van der Waals surface area contributed by atoms with E-state index >= 15 is 0 Å². The molecule has 1 fully saturated rings. The van der Waals surface area contributed by atoms with Crippen molar-refractivity contribution in [2.45, 2.75) is 52.0 Å². The molecule has 0 saturated heterocycles. The molecule has 0 bridgehead atoms. The molecular formula is C13H22N2S. The third kappa shape index (κ3) is 2.82. The second-order valence-corrected chi connectivity index (χ2v) is 5.54. The average molecular weight is 238 g/mol. The van der Waals surface area contributed by atoms with Crippen molar-refractivity contribution in [1.29, 1.82) is 0 Å². The van der Waals surface area contributed by atoms with E-state index in [0.29, 0.717) is 5.41 Å². The first kappa shape index (κ1) is 12.0. The lowest BCUT2D eigenvalue weighted by atomic mass is 9.82. The van der Waals surface area contributed by atoms with Crippen LogP contribution in [0.1, 0.15) is 44.2 Å². The average Bonchev–Trinajstić information content (AvgIpc) is 2.54. The van der Waals surface area contributed by atoms with E-state index in [9.17, 15) is 0 Å². The lowest BCUT2D eigenvalue weighted by Gasteiger charge is -2.31. The van der Waals surface area contributed by atoms with Crippen LogP contribution in [0, 0.1) is 12.3 Å². The van der Waals surface area contributed by atoms with Gasteiger partial charge in [-0.1, -0.05) is 25.7 Å². The molecule has 0 aliphatic heterocycles. The standard InChI is InChI=1S/C13H22N2S/c1-12-6-9-15(14-12)10-13(11-16)7-4-2-3-5-8-13/h6,9,16H,2-5,7-8,10-11H2,1H3. The first-order valence-corrected chi connectivity index (χ1v) is 6.98. The molecule has 1 aliphatic rings. The number of hydrogen-bond acceptors (Lipinski definition) is 2. The molecule has 16 heavy (non-hydrogen) atoms. The fraction of sp³-hybridized carbons (Fsp3) is 0.769. The monoisotopic (exact) mass is 238 g/mol. The zero-order valence-corrected chi connectivity index (χ0v) is 11.0. The van der Waals surface area contributed by atoms with E-state index in [1.54, 1.807) is 0 Å². The van der Waals surface area contributed by atoms with Gasteiger partial charge in [0, 0.05) is 12.7 Å². The lowest BCUT2D eigenvalue weighted by Crippen LogP contribution is -2.28. The van der Waals surface area contributed by atoms with Crippen LogP contribution in [-0.2, 0) is 6.54 Å². The minimum absolute atomic E-state index is 0.387. The summed E-state index contributed by atoms with van der Waals surface area (Å²) in [5.41, 5.74) is 1.50. The van der Waals surface area contributed by atoms with E-state index in [-0.39, 0.29) is 0 Å². The summed E-state index contributed by atoms with van der Waals surface area (Å²) in [5, 5.41) is 4.51. The highest BCUT2D eigenvalue weighted by Gasteiger charge is 2.30. The quantitative estimate of drug-likeness (QED) is 0.630. The second-order valence-electron chi connectivity index (χ2n) is 5.23. The summed E-state index contributed by atoms with van der Waals surface area (Å²) in [6.45, 7) is 3.10. The SMILES string of the molecule is Cc1ccn(CC2(CS)CCCCCC2)n1. The first-order valence-electron chi connectivity index (χ1n) is 6.35. The van der Waals surface area contributed by atoms with Crippen LogP contribution >= 0.6 is 12.6 Å². The van der Waals surface area contributed by atoms with Gasteiger partial charge in [0.2, 0.25) is 0 Å². The highest BCUT2D eigenvalue weighted by molar-refractivity contribution is 7.80. The number of hydrogen-bond donors (Lipinski definition) is 1. The Morgan fingerprint density at radius 2 is 2.00 bits per heavy atom. The third-order valence-corrected chi connectivity index (χ3v) is 4.44. The fourth-order valence-corrected chi connectivity index (χ4v) is 3.16. The molecule has 1 aromatic heterocycles. The molecule has 3 heteroatoms. The van der Waals surface area contributed by atoms with Crippen molar-refractivity contribution in [1.82, 2.24) is 9.78 Å². The Bertz CT molecular complexity index is 324. The summed E-state index contributed by atoms with van der Waals surface area (Å²) < 4.78 is 2.11. The summed E-state index contributed by atoms with van der Waals surface area (Å²) in [7, 11) is 0. The molecule has 0 amide bonds. The van der Waals surface area contributed by atoms with Crippen LogP contribution in [0.15, 0.2) is 12.3 Å². The van der Waals surface area contributed by atoms with E-state index in [4.69, 9.17) is 0 Å². The molecule has 0 radical (unpaired) electrons. The van der Waals surface area contributed by atoms with E-state index in [1.165, 1.54) is 38.5 Å². The van der Waals surface area contributed by atoms with Crippen LogP contribution in [0.4, 0.5) is 0 Å². The van der Waals surface area contributed by atoms with Crippen molar-refractivity contribution in [3.63, 3.8) is 0 Å². The number of aromatic nitrogens is 2. The smallest absolute Gasteiger partial charge is 0.0593 e. The molecule has 0 unspecified atom stereocenters. The van der Waals surface area contributed by atoms with Gasteiger partial charge in [-0.05, 0) is 37.0 Å². The Labute approximate surface area is 104 Å². The summed E-state index contributed by atoms with van der Waals surface area (Å²) in [5.74, 6) is 0.992. The van der Waals surface area contributed by atoms with Gasteiger partial charge in [-0.15, -0.1) is 0 Å². The van der Waals surface area contributed by atoms with Crippen LogP contribution in [-0.4, -0.2) is 15.5 Å². The molecule has 2 rings (SSSR count). The minimum Gasteiger partial charge on any atom is -0.272 e. The van der Waals surface area contributed by atoms with Gasteiger partial charge in [0.15, 0.2) is 0 Å². The molecule has 2 nitrogen and oxygen atoms in total. The van der Waals surface area contributed by atoms with Crippen molar-refractivity contribution in [3.8, 4) is 0 Å². The van der Waals surface area contributed by atoms with Gasteiger partial charge < -0.3 is 0 Å². The zero-order chi connectivity index (χ0) is 11.4. The molecule has 0 atom stereocenters. The Morgan fingerprint density at radius 3 is 2.50 bits per heavy atom. The van der Waals surface area contributed by atoms with Gasteiger partial charge in [0.05, 0.1) is 5.69 Å². The first-order chi connectivity index (χ1) is 7.74. The zero-order valence-electron chi connectivity index (χ0n) is 10.2. The Balaban J connectivity index is 2.08. The molecule has 0 N–H and O–H groups in total. The highest BCUT2D eigenvalue weighted by atomic mass is 32.1. The van der Waals surface area contributed by atoms with Gasteiger partial charge in [-0.25, -0.2) is 0 Å². The van der Waals surface area contributed by atoms with E-state index in [2.05, 4.69) is 41.6 Å². The maximum atomic E-state index is 4.59. The molecule has 1 aromatic rings. The van der Waals surface area contributed by atoms with Crippen LogP contribution < -0.4 is 0 Å². The predicted molar refractivity (Wildman–Crippen MR) is 71.0 cm³/mol. The van der Waals surface area contributed by atoms with Gasteiger partial charge in [-0.2, -0.15) is 17.7 Å². The highest BCUT2D eigenvalue weighted by Crippen LogP contribution is 2.37. The number of rotatable bonds is 3. The van der Waals surface area contributed by atoms with Crippen LogP contribution in [0.3, 0.4) is 0 Å². The Morgan fingerprint density at radius 1 is 1.31 bits per heavy atom. The van der Waals surface area contributed by atoms with Crippen LogP contribution in [0.25, 0.3) is 0 Å². The number of aryl methyl sites for hydroxylation is 1. The lowest BCUT2D eigenvalue weighted by molar-refractivity contribution is 0.230. The molecule has 1 saturated carbocycles. The molecule has 0 aromatic carbocycles. The number of nitrogens with zero attached hydrogens (tertiary/aromatic N) is 2. The topological polar surface area (TPSA) is 17.8 Å². The maximum absolute atomic E-state index is 4.59. The van der Waals surface area contributed by atoms with Crippen LogP contribution in [0.2, 0.25) is 0 Å². The maximum Gasteiger partial charge on any atom is 0.0593 e. The molecule has 90 valence electrons. The Hall–Kier alpha value is -0.440. The van der Waals surface area contributed by atoms with E-state index < -0.39 is 0 Å². The van der Waals surface area contributed by atoms with Crippen molar-refractivity contribution in [3.05, 3.63) is 18.0 Å². The van der Waals surface area contributed by atoms with E-state index in [1.807, 2.05) is 0 Å². The van der Waals surface area contributed by atoms with Gasteiger partial charge >= 0.3 is 0 Å². The molecule has 0 spiro atoms. The van der Waals surface area contributed by atoms with Crippen molar-refractivity contribution >= 4 is 12.6 Å². The number of thiol groups is 1. The Kier molecular flexibility index (Phi) is 3.95.